The lowest BCUT2D eigenvalue weighted by atomic mass is 10.1. The summed E-state index contributed by atoms with van der Waals surface area (Å²) in [6.07, 6.45) is 3.05. The van der Waals surface area contributed by atoms with Crippen LogP contribution in [0.2, 0.25) is 0 Å². The van der Waals surface area contributed by atoms with Crippen molar-refractivity contribution in [2.45, 2.75) is 26.3 Å². The average molecular weight is 278 g/mol. The van der Waals surface area contributed by atoms with Crippen LogP contribution in [-0.4, -0.2) is 9.97 Å². The number of halogens is 2. The van der Waals surface area contributed by atoms with Gasteiger partial charge in [-0.15, -0.1) is 0 Å². The predicted octanol–water partition coefficient (Wildman–Crippen LogP) is 2.90. The summed E-state index contributed by atoms with van der Waals surface area (Å²) in [6.45, 7) is 2.37. The first-order valence-electron chi connectivity index (χ1n) is 6.39. The van der Waals surface area contributed by atoms with Crippen LogP contribution in [0.15, 0.2) is 24.5 Å². The monoisotopic (exact) mass is 278 g/mol. The zero-order valence-electron chi connectivity index (χ0n) is 11.2. The third-order valence-corrected chi connectivity index (χ3v) is 2.92. The van der Waals surface area contributed by atoms with Gasteiger partial charge in [-0.1, -0.05) is 19.4 Å². The number of aromatic nitrogens is 2. The summed E-state index contributed by atoms with van der Waals surface area (Å²) in [5.41, 5.74) is 7.29. The molecule has 0 fully saturated rings. The van der Waals surface area contributed by atoms with Gasteiger partial charge in [0.2, 0.25) is 0 Å². The second-order valence-electron chi connectivity index (χ2n) is 4.44. The number of nitrogens with two attached hydrogens (primary N) is 1. The van der Waals surface area contributed by atoms with Crippen LogP contribution in [0.4, 0.5) is 20.4 Å². The third kappa shape index (κ3) is 3.20. The Balaban J connectivity index is 2.14. The topological polar surface area (TPSA) is 63.8 Å². The minimum absolute atomic E-state index is 0.338. The number of rotatable bonds is 5. The lowest BCUT2D eigenvalue weighted by Crippen LogP contribution is -2.08. The zero-order valence-corrected chi connectivity index (χ0v) is 11.2. The number of nitrogens with zero attached hydrogens (tertiary/aromatic N) is 2. The molecule has 20 heavy (non-hydrogen) atoms. The molecule has 0 spiro atoms. The maximum Gasteiger partial charge on any atom is 0.159 e. The number of anilines is 2. The van der Waals surface area contributed by atoms with Crippen molar-refractivity contribution in [2.24, 2.45) is 0 Å². The van der Waals surface area contributed by atoms with Gasteiger partial charge in [0.25, 0.3) is 0 Å². The molecule has 1 aromatic heterocycles. The van der Waals surface area contributed by atoms with Crippen LogP contribution in [0.3, 0.4) is 0 Å². The van der Waals surface area contributed by atoms with Crippen LogP contribution in [0.5, 0.6) is 0 Å². The lowest BCUT2D eigenvalue weighted by molar-refractivity contribution is 0.507. The quantitative estimate of drug-likeness (QED) is 0.882. The van der Waals surface area contributed by atoms with Gasteiger partial charge in [-0.05, 0) is 24.1 Å². The van der Waals surface area contributed by atoms with Gasteiger partial charge in [0, 0.05) is 12.1 Å². The van der Waals surface area contributed by atoms with Crippen molar-refractivity contribution in [1.29, 1.82) is 0 Å². The van der Waals surface area contributed by atoms with Gasteiger partial charge in [-0.25, -0.2) is 18.7 Å². The largest absolute Gasteiger partial charge is 0.383 e. The second kappa shape index (κ2) is 6.27. The number of nitrogens with one attached hydrogen (secondary N) is 1. The molecule has 0 aliphatic carbocycles. The predicted molar refractivity (Wildman–Crippen MR) is 74.1 cm³/mol. The van der Waals surface area contributed by atoms with E-state index in [-0.39, 0.29) is 0 Å². The number of benzene rings is 1. The summed E-state index contributed by atoms with van der Waals surface area (Å²) >= 11 is 0. The summed E-state index contributed by atoms with van der Waals surface area (Å²) in [7, 11) is 0. The van der Waals surface area contributed by atoms with E-state index in [1.54, 1.807) is 0 Å². The normalized spacial score (nSPS) is 10.6. The molecule has 106 valence electrons. The number of hydrogen-bond acceptors (Lipinski definition) is 4. The maximum absolute atomic E-state index is 13.1. The maximum atomic E-state index is 13.1. The van der Waals surface area contributed by atoms with E-state index in [1.807, 2.05) is 6.92 Å². The minimum Gasteiger partial charge on any atom is -0.383 e. The Labute approximate surface area is 116 Å². The van der Waals surface area contributed by atoms with Gasteiger partial charge in [0.05, 0.1) is 0 Å². The molecule has 0 saturated carbocycles. The Morgan fingerprint density at radius 2 is 2.00 bits per heavy atom. The lowest BCUT2D eigenvalue weighted by Gasteiger charge is -2.12. The first-order chi connectivity index (χ1) is 9.61. The van der Waals surface area contributed by atoms with Crippen molar-refractivity contribution >= 4 is 11.6 Å². The van der Waals surface area contributed by atoms with E-state index < -0.39 is 11.6 Å². The van der Waals surface area contributed by atoms with Crippen LogP contribution < -0.4 is 11.1 Å². The molecule has 0 aliphatic rings. The molecule has 4 nitrogen and oxygen atoms in total. The molecule has 2 aromatic rings. The third-order valence-electron chi connectivity index (χ3n) is 2.92. The highest BCUT2D eigenvalue weighted by Crippen LogP contribution is 2.20. The molecule has 3 N–H and O–H groups in total. The highest BCUT2D eigenvalue weighted by Gasteiger charge is 2.09. The molecule has 0 atom stereocenters. The first-order valence-corrected chi connectivity index (χ1v) is 6.39. The molecule has 0 amide bonds. The fraction of sp³-hybridized carbons (Fsp3) is 0.286. The summed E-state index contributed by atoms with van der Waals surface area (Å²) in [6, 6.07) is 3.79. The van der Waals surface area contributed by atoms with E-state index in [1.165, 1.54) is 12.4 Å². The summed E-state index contributed by atoms with van der Waals surface area (Å²) in [5, 5.41) is 3.08. The Morgan fingerprint density at radius 1 is 1.20 bits per heavy atom. The standard InChI is InChI=1S/C14H16F2N4/c1-2-3-10-13(17)19-8-20-14(10)18-7-9-4-5-11(15)12(16)6-9/h4-6,8H,2-3,7H2,1H3,(H3,17,18,19,20). The molecule has 1 heterocycles. The van der Waals surface area contributed by atoms with Gasteiger partial charge in [0.1, 0.15) is 18.0 Å². The van der Waals surface area contributed by atoms with Gasteiger partial charge in [0.15, 0.2) is 11.6 Å². The summed E-state index contributed by atoms with van der Waals surface area (Å²) in [4.78, 5) is 8.10. The molecule has 0 unspecified atom stereocenters. The van der Waals surface area contributed by atoms with Crippen LogP contribution in [0.25, 0.3) is 0 Å². The van der Waals surface area contributed by atoms with Crippen LogP contribution in [-0.2, 0) is 13.0 Å². The molecule has 0 saturated heterocycles. The van der Waals surface area contributed by atoms with Crippen LogP contribution in [0, 0.1) is 11.6 Å². The van der Waals surface area contributed by atoms with E-state index in [0.717, 1.165) is 30.5 Å². The highest BCUT2D eigenvalue weighted by atomic mass is 19.2. The van der Waals surface area contributed by atoms with Crippen molar-refractivity contribution in [2.75, 3.05) is 11.1 Å². The number of hydrogen-bond donors (Lipinski definition) is 2. The molecule has 1 aromatic carbocycles. The molecular formula is C14H16F2N4. The van der Waals surface area contributed by atoms with Crippen LogP contribution >= 0.6 is 0 Å². The SMILES string of the molecule is CCCc1c(N)ncnc1NCc1ccc(F)c(F)c1. The molecular weight excluding hydrogens is 262 g/mol. The number of nitrogen functional groups attached to an aromatic ring is 1. The molecule has 6 heteroatoms. The van der Waals surface area contributed by atoms with Crippen molar-refractivity contribution in [3.63, 3.8) is 0 Å². The average Bonchev–Trinajstić information content (AvgIpc) is 2.43. The van der Waals surface area contributed by atoms with E-state index in [4.69, 9.17) is 5.73 Å². The van der Waals surface area contributed by atoms with Gasteiger partial charge in [-0.3, -0.25) is 0 Å². The minimum atomic E-state index is -0.861. The highest BCUT2D eigenvalue weighted by molar-refractivity contribution is 5.55. The molecule has 2 rings (SSSR count). The van der Waals surface area contributed by atoms with Crippen LogP contribution in [0.1, 0.15) is 24.5 Å². The first kappa shape index (κ1) is 14.2. The fourth-order valence-electron chi connectivity index (χ4n) is 1.91. The van der Waals surface area contributed by atoms with Crippen molar-refractivity contribution in [3.05, 3.63) is 47.3 Å². The Morgan fingerprint density at radius 3 is 2.70 bits per heavy atom. The van der Waals surface area contributed by atoms with Crippen molar-refractivity contribution < 1.29 is 8.78 Å². The van der Waals surface area contributed by atoms with E-state index in [9.17, 15) is 8.78 Å². The summed E-state index contributed by atoms with van der Waals surface area (Å²) in [5.74, 6) is -0.647. The summed E-state index contributed by atoms with van der Waals surface area (Å²) < 4.78 is 26.0. The Kier molecular flexibility index (Phi) is 4.45. The van der Waals surface area contributed by atoms with E-state index in [2.05, 4.69) is 15.3 Å². The van der Waals surface area contributed by atoms with Gasteiger partial charge in [-0.2, -0.15) is 0 Å². The van der Waals surface area contributed by atoms with E-state index in [0.29, 0.717) is 23.7 Å². The molecule has 0 aliphatic heterocycles. The molecule has 0 radical (unpaired) electrons. The fourth-order valence-corrected chi connectivity index (χ4v) is 1.91. The zero-order chi connectivity index (χ0) is 14.5. The Hall–Kier alpha value is -2.24. The molecule has 0 bridgehead atoms. The smallest absolute Gasteiger partial charge is 0.159 e. The van der Waals surface area contributed by atoms with Gasteiger partial charge < -0.3 is 11.1 Å². The van der Waals surface area contributed by atoms with E-state index >= 15 is 0 Å². The van der Waals surface area contributed by atoms with Crippen molar-refractivity contribution in [1.82, 2.24) is 9.97 Å². The van der Waals surface area contributed by atoms with Crippen molar-refractivity contribution in [3.8, 4) is 0 Å². The second-order valence-corrected chi connectivity index (χ2v) is 4.44. The van der Waals surface area contributed by atoms with Gasteiger partial charge >= 0.3 is 0 Å². The Bertz CT molecular complexity index is 602.